The van der Waals surface area contributed by atoms with Crippen LogP contribution >= 0.6 is 0 Å². The molecule has 2 aromatic carbocycles. The normalized spacial score (nSPS) is 14.9. The molecule has 1 aliphatic carbocycles. The predicted octanol–water partition coefficient (Wildman–Crippen LogP) is 6.38. The standard InChI is InChI=1S/C23H23N/c1-17-8-7-13-20(14-17)23-15-21(18-11-5-6-12-18)22(16-24-23)19-9-3-2-4-10-19/h2-4,7-10,13-16,18H,5-6,11-12H2,1H3. The molecule has 1 fully saturated rings. The van der Waals surface area contributed by atoms with Gasteiger partial charge in [0.2, 0.25) is 0 Å². The zero-order valence-electron chi connectivity index (χ0n) is 14.2. The molecule has 0 aliphatic heterocycles. The van der Waals surface area contributed by atoms with Gasteiger partial charge in [0, 0.05) is 17.3 Å². The van der Waals surface area contributed by atoms with E-state index in [9.17, 15) is 0 Å². The highest BCUT2D eigenvalue weighted by molar-refractivity contribution is 5.71. The van der Waals surface area contributed by atoms with Gasteiger partial charge in [-0.1, -0.05) is 66.9 Å². The number of rotatable bonds is 3. The summed E-state index contributed by atoms with van der Waals surface area (Å²) in [5.41, 5.74) is 7.66. The first-order valence-corrected chi connectivity index (χ1v) is 8.94. The minimum Gasteiger partial charge on any atom is -0.256 e. The number of aromatic nitrogens is 1. The van der Waals surface area contributed by atoms with Gasteiger partial charge in [-0.2, -0.15) is 0 Å². The van der Waals surface area contributed by atoms with Crippen LogP contribution in [0.3, 0.4) is 0 Å². The Kier molecular flexibility index (Phi) is 4.17. The van der Waals surface area contributed by atoms with Crippen LogP contribution < -0.4 is 0 Å². The van der Waals surface area contributed by atoms with Crippen molar-refractivity contribution < 1.29 is 0 Å². The topological polar surface area (TPSA) is 12.9 Å². The van der Waals surface area contributed by atoms with E-state index in [4.69, 9.17) is 4.98 Å². The van der Waals surface area contributed by atoms with Gasteiger partial charge in [0.05, 0.1) is 5.69 Å². The van der Waals surface area contributed by atoms with Gasteiger partial charge in [-0.3, -0.25) is 4.98 Å². The molecular weight excluding hydrogens is 290 g/mol. The fraction of sp³-hybridized carbons (Fsp3) is 0.261. The summed E-state index contributed by atoms with van der Waals surface area (Å²) in [4.78, 5) is 4.80. The number of aryl methyl sites for hydroxylation is 1. The quantitative estimate of drug-likeness (QED) is 0.546. The Balaban J connectivity index is 1.83. The van der Waals surface area contributed by atoms with Crippen molar-refractivity contribution in [2.75, 3.05) is 0 Å². The molecule has 1 heteroatoms. The van der Waals surface area contributed by atoms with Crippen LogP contribution in [0, 0.1) is 6.92 Å². The molecule has 0 radical (unpaired) electrons. The second-order valence-corrected chi connectivity index (χ2v) is 6.87. The van der Waals surface area contributed by atoms with E-state index in [2.05, 4.69) is 73.8 Å². The van der Waals surface area contributed by atoms with Gasteiger partial charge >= 0.3 is 0 Å². The Morgan fingerprint density at radius 2 is 1.58 bits per heavy atom. The van der Waals surface area contributed by atoms with Crippen LogP contribution in [0.4, 0.5) is 0 Å². The van der Waals surface area contributed by atoms with E-state index in [0.717, 1.165) is 5.69 Å². The summed E-state index contributed by atoms with van der Waals surface area (Å²) in [6, 6.07) is 21.7. The average Bonchev–Trinajstić information content (AvgIpc) is 3.16. The Bertz CT molecular complexity index is 830. The van der Waals surface area contributed by atoms with Gasteiger partial charge < -0.3 is 0 Å². The molecule has 4 rings (SSSR count). The van der Waals surface area contributed by atoms with E-state index >= 15 is 0 Å². The summed E-state index contributed by atoms with van der Waals surface area (Å²) < 4.78 is 0. The third-order valence-corrected chi connectivity index (χ3v) is 5.13. The molecule has 1 saturated carbocycles. The molecule has 0 atom stereocenters. The fourth-order valence-corrected chi connectivity index (χ4v) is 3.87. The summed E-state index contributed by atoms with van der Waals surface area (Å²) >= 11 is 0. The lowest BCUT2D eigenvalue weighted by molar-refractivity contribution is 0.724. The van der Waals surface area contributed by atoms with Gasteiger partial charge in [0.15, 0.2) is 0 Å². The SMILES string of the molecule is Cc1cccc(-c2cc(C3CCCC3)c(-c3ccccc3)cn2)c1. The Hall–Kier alpha value is -2.41. The molecule has 0 spiro atoms. The Morgan fingerprint density at radius 1 is 0.833 bits per heavy atom. The van der Waals surface area contributed by atoms with Crippen molar-refractivity contribution in [3.05, 3.63) is 78.0 Å². The largest absolute Gasteiger partial charge is 0.256 e. The number of hydrogen-bond acceptors (Lipinski definition) is 1. The smallest absolute Gasteiger partial charge is 0.0705 e. The first kappa shape index (κ1) is 15.1. The van der Waals surface area contributed by atoms with Crippen LogP contribution in [0.15, 0.2) is 66.9 Å². The molecule has 0 saturated heterocycles. The third kappa shape index (κ3) is 2.99. The minimum atomic E-state index is 0.673. The van der Waals surface area contributed by atoms with E-state index in [1.807, 2.05) is 0 Å². The second-order valence-electron chi connectivity index (χ2n) is 6.87. The van der Waals surface area contributed by atoms with Crippen LogP contribution in [0.2, 0.25) is 0 Å². The summed E-state index contributed by atoms with van der Waals surface area (Å²) in [5.74, 6) is 0.673. The lowest BCUT2D eigenvalue weighted by atomic mass is 9.89. The van der Waals surface area contributed by atoms with E-state index in [-0.39, 0.29) is 0 Å². The highest BCUT2D eigenvalue weighted by Crippen LogP contribution is 2.40. The van der Waals surface area contributed by atoms with Gasteiger partial charge in [-0.25, -0.2) is 0 Å². The molecule has 0 unspecified atom stereocenters. The Labute approximate surface area is 144 Å². The maximum Gasteiger partial charge on any atom is 0.0705 e. The molecular formula is C23H23N. The molecule has 1 aromatic heterocycles. The average molecular weight is 313 g/mol. The van der Waals surface area contributed by atoms with E-state index < -0.39 is 0 Å². The number of benzene rings is 2. The van der Waals surface area contributed by atoms with E-state index in [0.29, 0.717) is 5.92 Å². The monoisotopic (exact) mass is 313 g/mol. The highest BCUT2D eigenvalue weighted by Gasteiger charge is 2.21. The number of pyridine rings is 1. The van der Waals surface area contributed by atoms with Crippen LogP contribution in [-0.4, -0.2) is 4.98 Å². The molecule has 1 nitrogen and oxygen atoms in total. The summed E-state index contributed by atoms with van der Waals surface area (Å²) in [7, 11) is 0. The first-order valence-electron chi connectivity index (χ1n) is 8.94. The van der Waals surface area contributed by atoms with Crippen molar-refractivity contribution in [1.82, 2.24) is 4.98 Å². The summed E-state index contributed by atoms with van der Waals surface area (Å²) in [5, 5.41) is 0. The van der Waals surface area contributed by atoms with Crippen LogP contribution in [0.1, 0.15) is 42.7 Å². The van der Waals surface area contributed by atoms with Crippen molar-refractivity contribution in [2.24, 2.45) is 0 Å². The first-order chi connectivity index (χ1) is 11.8. The molecule has 120 valence electrons. The molecule has 3 aromatic rings. The van der Waals surface area contributed by atoms with Crippen LogP contribution in [-0.2, 0) is 0 Å². The van der Waals surface area contributed by atoms with Crippen LogP contribution in [0.25, 0.3) is 22.4 Å². The molecule has 0 bridgehead atoms. The van der Waals surface area contributed by atoms with Crippen molar-refractivity contribution in [3.63, 3.8) is 0 Å². The minimum absolute atomic E-state index is 0.673. The summed E-state index contributed by atoms with van der Waals surface area (Å²) in [6.45, 7) is 2.14. The molecule has 0 N–H and O–H groups in total. The Morgan fingerprint density at radius 3 is 2.33 bits per heavy atom. The third-order valence-electron chi connectivity index (χ3n) is 5.13. The number of hydrogen-bond donors (Lipinski definition) is 0. The maximum atomic E-state index is 4.80. The van der Waals surface area contributed by atoms with Gasteiger partial charge in [0.25, 0.3) is 0 Å². The molecule has 0 amide bonds. The van der Waals surface area contributed by atoms with Gasteiger partial charge in [-0.15, -0.1) is 0 Å². The van der Waals surface area contributed by atoms with Gasteiger partial charge in [-0.05, 0) is 48.9 Å². The second kappa shape index (κ2) is 6.60. The maximum absolute atomic E-state index is 4.80. The van der Waals surface area contributed by atoms with Crippen molar-refractivity contribution in [1.29, 1.82) is 0 Å². The van der Waals surface area contributed by atoms with Crippen LogP contribution in [0.5, 0.6) is 0 Å². The van der Waals surface area contributed by atoms with Crippen molar-refractivity contribution in [3.8, 4) is 22.4 Å². The van der Waals surface area contributed by atoms with Crippen molar-refractivity contribution in [2.45, 2.75) is 38.5 Å². The lowest BCUT2D eigenvalue weighted by Gasteiger charge is -2.17. The zero-order chi connectivity index (χ0) is 16.4. The number of nitrogens with zero attached hydrogens (tertiary/aromatic N) is 1. The zero-order valence-corrected chi connectivity index (χ0v) is 14.2. The molecule has 1 heterocycles. The predicted molar refractivity (Wildman–Crippen MR) is 101 cm³/mol. The lowest BCUT2D eigenvalue weighted by Crippen LogP contribution is -1.99. The van der Waals surface area contributed by atoms with E-state index in [1.54, 1.807) is 0 Å². The summed E-state index contributed by atoms with van der Waals surface area (Å²) in [6.07, 6.45) is 7.39. The van der Waals surface area contributed by atoms with Crippen molar-refractivity contribution >= 4 is 0 Å². The fourth-order valence-electron chi connectivity index (χ4n) is 3.87. The molecule has 1 aliphatic rings. The molecule has 24 heavy (non-hydrogen) atoms. The van der Waals surface area contributed by atoms with E-state index in [1.165, 1.54) is 53.5 Å². The van der Waals surface area contributed by atoms with Gasteiger partial charge in [0.1, 0.15) is 0 Å². The highest BCUT2D eigenvalue weighted by atomic mass is 14.7.